The molecule has 2 N–H and O–H groups in total. The van der Waals surface area contributed by atoms with Crippen LogP contribution in [0.4, 0.5) is 9.18 Å². The van der Waals surface area contributed by atoms with Crippen LogP contribution in [0, 0.1) is 5.82 Å². The van der Waals surface area contributed by atoms with Crippen LogP contribution in [0.2, 0.25) is 0 Å². The Bertz CT molecular complexity index is 616. The first-order valence-electron chi connectivity index (χ1n) is 8.36. The Hall–Kier alpha value is -2.15. The molecule has 3 rings (SSSR count). The third-order valence-corrected chi connectivity index (χ3v) is 4.80. The number of likely N-dealkylation sites (tertiary alicyclic amines) is 1. The molecule has 0 bridgehead atoms. The van der Waals surface area contributed by atoms with Gasteiger partial charge < -0.3 is 15.5 Å². The van der Waals surface area contributed by atoms with Crippen molar-refractivity contribution in [2.45, 2.75) is 25.4 Å². The van der Waals surface area contributed by atoms with Crippen LogP contribution in [0.1, 0.15) is 18.4 Å². The van der Waals surface area contributed by atoms with Crippen molar-refractivity contribution in [3.8, 4) is 0 Å². The Kier molecular flexibility index (Phi) is 4.99. The fraction of sp³-hybridized carbons (Fsp3) is 0.529. The van der Waals surface area contributed by atoms with E-state index in [1.807, 2.05) is 11.0 Å². The summed E-state index contributed by atoms with van der Waals surface area (Å²) < 4.78 is 13.3. The van der Waals surface area contributed by atoms with E-state index in [9.17, 15) is 14.0 Å². The van der Waals surface area contributed by atoms with Crippen LogP contribution in [0.3, 0.4) is 0 Å². The Labute approximate surface area is 141 Å². The number of carbonyl (C=O) groups excluding carboxylic acids is 2. The minimum absolute atomic E-state index is 0.00305. The SMILES string of the molecule is NC(=O)N1CCCC1C(=O)N1CCN(Cc2cccc(F)c2)CC1. The lowest BCUT2D eigenvalue weighted by Crippen LogP contribution is -2.54. The van der Waals surface area contributed by atoms with E-state index in [-0.39, 0.29) is 11.7 Å². The number of benzene rings is 1. The number of hydrogen-bond acceptors (Lipinski definition) is 3. The molecule has 2 aliphatic heterocycles. The van der Waals surface area contributed by atoms with Crippen LogP contribution < -0.4 is 5.73 Å². The lowest BCUT2D eigenvalue weighted by Gasteiger charge is -2.37. The lowest BCUT2D eigenvalue weighted by atomic mass is 10.1. The first-order chi connectivity index (χ1) is 11.5. The second kappa shape index (κ2) is 7.17. The van der Waals surface area contributed by atoms with E-state index in [0.717, 1.165) is 25.1 Å². The molecule has 1 unspecified atom stereocenters. The quantitative estimate of drug-likeness (QED) is 0.897. The molecule has 24 heavy (non-hydrogen) atoms. The number of halogens is 1. The van der Waals surface area contributed by atoms with Gasteiger partial charge in [-0.3, -0.25) is 9.69 Å². The average molecular weight is 334 g/mol. The fourth-order valence-electron chi connectivity index (χ4n) is 3.52. The average Bonchev–Trinajstić information content (AvgIpc) is 3.05. The Balaban J connectivity index is 1.53. The van der Waals surface area contributed by atoms with Crippen molar-refractivity contribution in [2.75, 3.05) is 32.7 Å². The molecule has 130 valence electrons. The standard InChI is InChI=1S/C17H23FN4O2/c18-14-4-1-3-13(11-14)12-20-7-9-21(10-8-20)16(23)15-5-2-6-22(15)17(19)24/h1,3-4,11,15H,2,5-10,12H2,(H2,19,24). The Morgan fingerprint density at radius 1 is 1.17 bits per heavy atom. The predicted octanol–water partition coefficient (Wildman–Crippen LogP) is 1.01. The number of nitrogens with two attached hydrogens (primary N) is 1. The molecule has 1 aromatic carbocycles. The minimum atomic E-state index is -0.518. The number of primary amides is 1. The summed E-state index contributed by atoms with van der Waals surface area (Å²) in [6.45, 7) is 3.97. The van der Waals surface area contributed by atoms with Crippen molar-refractivity contribution >= 4 is 11.9 Å². The van der Waals surface area contributed by atoms with Gasteiger partial charge in [-0.1, -0.05) is 12.1 Å². The van der Waals surface area contributed by atoms with Crippen molar-refractivity contribution in [3.63, 3.8) is 0 Å². The molecule has 2 heterocycles. The van der Waals surface area contributed by atoms with E-state index >= 15 is 0 Å². The van der Waals surface area contributed by atoms with Crippen molar-refractivity contribution in [3.05, 3.63) is 35.6 Å². The highest BCUT2D eigenvalue weighted by Gasteiger charge is 2.36. The summed E-state index contributed by atoms with van der Waals surface area (Å²) in [6.07, 6.45) is 1.50. The molecule has 0 aromatic heterocycles. The number of carbonyl (C=O) groups is 2. The van der Waals surface area contributed by atoms with Crippen LogP contribution in [0.25, 0.3) is 0 Å². The van der Waals surface area contributed by atoms with E-state index < -0.39 is 12.1 Å². The number of urea groups is 1. The summed E-state index contributed by atoms with van der Waals surface area (Å²) in [5.41, 5.74) is 6.29. The highest BCUT2D eigenvalue weighted by atomic mass is 19.1. The monoisotopic (exact) mass is 334 g/mol. The zero-order valence-corrected chi connectivity index (χ0v) is 13.7. The van der Waals surface area contributed by atoms with Gasteiger partial charge in [-0.15, -0.1) is 0 Å². The lowest BCUT2D eigenvalue weighted by molar-refractivity contribution is -0.137. The first-order valence-corrected chi connectivity index (χ1v) is 8.36. The van der Waals surface area contributed by atoms with E-state index in [0.29, 0.717) is 32.6 Å². The van der Waals surface area contributed by atoms with Crippen LogP contribution in [0.15, 0.2) is 24.3 Å². The van der Waals surface area contributed by atoms with E-state index in [1.165, 1.54) is 11.0 Å². The maximum absolute atomic E-state index is 13.3. The van der Waals surface area contributed by atoms with Crippen molar-refractivity contribution in [2.24, 2.45) is 5.73 Å². The summed E-state index contributed by atoms with van der Waals surface area (Å²) >= 11 is 0. The number of nitrogens with zero attached hydrogens (tertiary/aromatic N) is 3. The zero-order chi connectivity index (χ0) is 17.1. The van der Waals surface area contributed by atoms with Gasteiger partial charge in [0, 0.05) is 39.3 Å². The van der Waals surface area contributed by atoms with Gasteiger partial charge in [-0.25, -0.2) is 9.18 Å². The largest absolute Gasteiger partial charge is 0.351 e. The third kappa shape index (κ3) is 3.67. The first kappa shape index (κ1) is 16.7. The van der Waals surface area contributed by atoms with Crippen molar-refractivity contribution < 1.29 is 14.0 Å². The molecule has 0 aliphatic carbocycles. The van der Waals surface area contributed by atoms with Gasteiger partial charge in [0.2, 0.25) is 5.91 Å². The van der Waals surface area contributed by atoms with Crippen molar-refractivity contribution in [1.82, 2.24) is 14.7 Å². The summed E-state index contributed by atoms with van der Waals surface area (Å²) in [7, 11) is 0. The molecule has 6 nitrogen and oxygen atoms in total. The fourth-order valence-corrected chi connectivity index (χ4v) is 3.52. The maximum atomic E-state index is 13.3. The molecule has 1 aromatic rings. The third-order valence-electron chi connectivity index (χ3n) is 4.80. The number of piperazine rings is 1. The van der Waals surface area contributed by atoms with Gasteiger partial charge in [-0.2, -0.15) is 0 Å². The van der Waals surface area contributed by atoms with Gasteiger partial charge in [-0.05, 0) is 30.5 Å². The van der Waals surface area contributed by atoms with E-state index in [2.05, 4.69) is 4.90 Å². The molecule has 3 amide bonds. The molecule has 0 radical (unpaired) electrons. The topological polar surface area (TPSA) is 69.9 Å². The van der Waals surface area contributed by atoms with Crippen LogP contribution in [-0.2, 0) is 11.3 Å². The number of hydrogen-bond donors (Lipinski definition) is 1. The Morgan fingerprint density at radius 3 is 2.58 bits per heavy atom. The molecule has 7 heteroatoms. The van der Waals surface area contributed by atoms with Gasteiger partial charge in [0.15, 0.2) is 0 Å². The summed E-state index contributed by atoms with van der Waals surface area (Å²) in [5, 5.41) is 0. The summed E-state index contributed by atoms with van der Waals surface area (Å²) in [4.78, 5) is 29.5. The van der Waals surface area contributed by atoms with Crippen LogP contribution in [-0.4, -0.2) is 65.4 Å². The molecule has 1 atom stereocenters. The number of rotatable bonds is 3. The normalized spacial score (nSPS) is 22.0. The summed E-state index contributed by atoms with van der Waals surface area (Å²) in [6, 6.07) is 5.67. The van der Waals surface area contributed by atoms with Gasteiger partial charge in [0.25, 0.3) is 0 Å². The van der Waals surface area contributed by atoms with Crippen LogP contribution in [0.5, 0.6) is 0 Å². The Morgan fingerprint density at radius 2 is 1.92 bits per heavy atom. The molecule has 0 spiro atoms. The van der Waals surface area contributed by atoms with Gasteiger partial charge >= 0.3 is 6.03 Å². The van der Waals surface area contributed by atoms with Crippen LogP contribution >= 0.6 is 0 Å². The van der Waals surface area contributed by atoms with Gasteiger partial charge in [0.1, 0.15) is 11.9 Å². The molecule has 2 aliphatic rings. The molecular weight excluding hydrogens is 311 g/mol. The number of amides is 3. The zero-order valence-electron chi connectivity index (χ0n) is 13.7. The minimum Gasteiger partial charge on any atom is -0.351 e. The predicted molar refractivity (Wildman–Crippen MR) is 87.6 cm³/mol. The second-order valence-corrected chi connectivity index (χ2v) is 6.42. The van der Waals surface area contributed by atoms with Gasteiger partial charge in [0.05, 0.1) is 0 Å². The molecule has 0 saturated carbocycles. The highest BCUT2D eigenvalue weighted by Crippen LogP contribution is 2.20. The smallest absolute Gasteiger partial charge is 0.315 e. The van der Waals surface area contributed by atoms with E-state index in [1.54, 1.807) is 12.1 Å². The molecule has 2 saturated heterocycles. The maximum Gasteiger partial charge on any atom is 0.315 e. The summed E-state index contributed by atoms with van der Waals surface area (Å²) in [5.74, 6) is -0.231. The molecule has 2 fully saturated rings. The second-order valence-electron chi connectivity index (χ2n) is 6.42. The van der Waals surface area contributed by atoms with Crippen molar-refractivity contribution in [1.29, 1.82) is 0 Å². The highest BCUT2D eigenvalue weighted by molar-refractivity contribution is 5.87. The van der Waals surface area contributed by atoms with E-state index in [4.69, 9.17) is 5.73 Å². The molecular formula is C17H23FN4O2.